The first-order chi connectivity index (χ1) is 8.18. The number of hydrogen-bond acceptors (Lipinski definition) is 2. The molecule has 1 saturated heterocycles. The van der Waals surface area contributed by atoms with Gasteiger partial charge in [0.1, 0.15) is 5.82 Å². The molecule has 1 aromatic rings. The van der Waals surface area contributed by atoms with Gasteiger partial charge in [0, 0.05) is 26.2 Å². The minimum Gasteiger partial charge on any atom is -0.314 e. The van der Waals surface area contributed by atoms with Crippen molar-refractivity contribution in [1.82, 2.24) is 10.2 Å². The van der Waals surface area contributed by atoms with Crippen LogP contribution >= 0.6 is 24.8 Å². The van der Waals surface area contributed by atoms with Gasteiger partial charge in [-0.2, -0.15) is 0 Å². The summed E-state index contributed by atoms with van der Waals surface area (Å²) in [5.41, 5.74) is 0.475. The van der Waals surface area contributed by atoms with E-state index in [-0.39, 0.29) is 24.8 Å². The van der Waals surface area contributed by atoms with Crippen LogP contribution in [0.4, 0.5) is 13.2 Å². The van der Waals surface area contributed by atoms with Crippen molar-refractivity contribution >= 4 is 24.8 Å². The largest absolute Gasteiger partial charge is 0.314 e. The third-order valence-corrected chi connectivity index (χ3v) is 3.00. The van der Waals surface area contributed by atoms with Gasteiger partial charge in [-0.15, -0.1) is 24.8 Å². The molecule has 0 spiro atoms. The zero-order valence-electron chi connectivity index (χ0n) is 10.2. The van der Waals surface area contributed by atoms with E-state index in [1.165, 1.54) is 24.3 Å². The Bertz CT molecular complexity index is 356. The lowest BCUT2D eigenvalue weighted by atomic mass is 10.0. The monoisotopic (exact) mass is 316 g/mol. The number of piperazine rings is 1. The number of hydrogen-bond donors (Lipinski definition) is 1. The molecular weight excluding hydrogens is 300 g/mol. The molecule has 0 radical (unpaired) electrons. The van der Waals surface area contributed by atoms with E-state index < -0.39 is 18.3 Å². The minimum atomic E-state index is -2.46. The van der Waals surface area contributed by atoms with Crippen LogP contribution in [0.1, 0.15) is 11.6 Å². The van der Waals surface area contributed by atoms with Gasteiger partial charge in [-0.1, -0.05) is 12.1 Å². The lowest BCUT2D eigenvalue weighted by Gasteiger charge is -2.34. The van der Waals surface area contributed by atoms with E-state index in [9.17, 15) is 13.2 Å². The quantitative estimate of drug-likeness (QED) is 0.922. The predicted molar refractivity (Wildman–Crippen MR) is 74.1 cm³/mol. The molecule has 7 heteroatoms. The van der Waals surface area contributed by atoms with Gasteiger partial charge in [-0.05, 0) is 17.7 Å². The molecule has 2 rings (SSSR count). The molecule has 1 N–H and O–H groups in total. The van der Waals surface area contributed by atoms with Crippen molar-refractivity contribution in [3.05, 3.63) is 35.6 Å². The number of benzene rings is 1. The maximum absolute atomic E-state index is 13.1. The van der Waals surface area contributed by atoms with Crippen LogP contribution in [0.3, 0.4) is 0 Å². The van der Waals surface area contributed by atoms with Crippen LogP contribution in [0, 0.1) is 5.82 Å². The summed E-state index contributed by atoms with van der Waals surface area (Å²) in [6.45, 7) is 2.60. The summed E-state index contributed by atoms with van der Waals surface area (Å²) in [5.74, 6) is -0.401. The summed E-state index contributed by atoms with van der Waals surface area (Å²) in [7, 11) is 0. The number of alkyl halides is 2. The second kappa shape index (κ2) is 8.64. The normalized spacial score (nSPS) is 17.5. The molecule has 0 unspecified atom stereocenters. The van der Waals surface area contributed by atoms with Crippen molar-refractivity contribution in [2.75, 3.05) is 26.2 Å². The lowest BCUT2D eigenvalue weighted by Crippen LogP contribution is -2.46. The molecule has 2 nitrogen and oxygen atoms in total. The van der Waals surface area contributed by atoms with Gasteiger partial charge in [0.15, 0.2) is 0 Å². The average molecular weight is 317 g/mol. The highest BCUT2D eigenvalue weighted by Crippen LogP contribution is 2.27. The van der Waals surface area contributed by atoms with Crippen LogP contribution < -0.4 is 5.32 Å². The fraction of sp³-hybridized carbons (Fsp3) is 0.500. The third-order valence-electron chi connectivity index (χ3n) is 3.00. The summed E-state index contributed by atoms with van der Waals surface area (Å²) >= 11 is 0. The number of nitrogens with zero attached hydrogens (tertiary/aromatic N) is 1. The Labute approximate surface area is 123 Å². The van der Waals surface area contributed by atoms with Crippen LogP contribution in [0.5, 0.6) is 0 Å². The molecule has 1 aliphatic rings. The van der Waals surface area contributed by atoms with Gasteiger partial charge in [-0.25, -0.2) is 13.2 Å². The highest BCUT2D eigenvalue weighted by atomic mass is 35.5. The summed E-state index contributed by atoms with van der Waals surface area (Å²) < 4.78 is 39.0. The highest BCUT2D eigenvalue weighted by molar-refractivity contribution is 5.85. The third kappa shape index (κ3) is 4.84. The second-order valence-electron chi connectivity index (χ2n) is 4.12. The van der Waals surface area contributed by atoms with Gasteiger partial charge in [-0.3, -0.25) is 4.90 Å². The predicted octanol–water partition coefficient (Wildman–Crippen LogP) is 2.88. The first-order valence-corrected chi connectivity index (χ1v) is 5.67. The van der Waals surface area contributed by atoms with Crippen molar-refractivity contribution in [1.29, 1.82) is 0 Å². The molecule has 0 aliphatic carbocycles. The van der Waals surface area contributed by atoms with E-state index in [1.54, 1.807) is 4.90 Å². The topological polar surface area (TPSA) is 15.3 Å². The van der Waals surface area contributed by atoms with E-state index in [4.69, 9.17) is 0 Å². The van der Waals surface area contributed by atoms with Gasteiger partial charge >= 0.3 is 0 Å². The molecule has 0 amide bonds. The van der Waals surface area contributed by atoms with E-state index in [0.29, 0.717) is 31.7 Å². The molecule has 1 aromatic carbocycles. The van der Waals surface area contributed by atoms with Gasteiger partial charge in [0.05, 0.1) is 6.04 Å². The summed E-state index contributed by atoms with van der Waals surface area (Å²) in [6.07, 6.45) is -2.46. The van der Waals surface area contributed by atoms with Gasteiger partial charge in [0.2, 0.25) is 0 Å². The Morgan fingerprint density at radius 1 is 1.00 bits per heavy atom. The lowest BCUT2D eigenvalue weighted by molar-refractivity contribution is 0.0181. The highest BCUT2D eigenvalue weighted by Gasteiger charge is 2.29. The number of halogens is 5. The number of nitrogens with one attached hydrogen (secondary N) is 1. The van der Waals surface area contributed by atoms with Crippen molar-refractivity contribution in [3.63, 3.8) is 0 Å². The Morgan fingerprint density at radius 2 is 1.53 bits per heavy atom. The van der Waals surface area contributed by atoms with E-state index >= 15 is 0 Å². The SMILES string of the molecule is Cl.Cl.Fc1ccc([C@H](C(F)F)N2CCNCC2)cc1. The smallest absolute Gasteiger partial charge is 0.258 e. The van der Waals surface area contributed by atoms with Gasteiger partial charge < -0.3 is 5.32 Å². The van der Waals surface area contributed by atoms with Crippen molar-refractivity contribution < 1.29 is 13.2 Å². The van der Waals surface area contributed by atoms with E-state index in [0.717, 1.165) is 0 Å². The Hall–Kier alpha value is -0.490. The molecule has 1 aliphatic heterocycles. The molecular formula is C12H17Cl2F3N2. The zero-order valence-corrected chi connectivity index (χ0v) is 11.8. The van der Waals surface area contributed by atoms with Crippen LogP contribution in [0.25, 0.3) is 0 Å². The van der Waals surface area contributed by atoms with Gasteiger partial charge in [0.25, 0.3) is 6.43 Å². The molecule has 1 fully saturated rings. The second-order valence-corrected chi connectivity index (χ2v) is 4.12. The maximum Gasteiger partial charge on any atom is 0.258 e. The maximum atomic E-state index is 13.1. The summed E-state index contributed by atoms with van der Waals surface area (Å²) in [5, 5.41) is 3.12. The molecule has 19 heavy (non-hydrogen) atoms. The van der Waals surface area contributed by atoms with Crippen molar-refractivity contribution in [2.24, 2.45) is 0 Å². The summed E-state index contributed by atoms with van der Waals surface area (Å²) in [4.78, 5) is 1.74. The van der Waals surface area contributed by atoms with Crippen LogP contribution in [0.15, 0.2) is 24.3 Å². The molecule has 1 atom stereocenters. The Kier molecular flexibility index (Phi) is 8.41. The van der Waals surface area contributed by atoms with Crippen molar-refractivity contribution in [3.8, 4) is 0 Å². The molecule has 0 aromatic heterocycles. The van der Waals surface area contributed by atoms with Crippen LogP contribution in [-0.2, 0) is 0 Å². The molecule has 0 saturated carbocycles. The first kappa shape index (κ1) is 18.5. The fourth-order valence-corrected chi connectivity index (χ4v) is 2.14. The van der Waals surface area contributed by atoms with Crippen LogP contribution in [-0.4, -0.2) is 37.5 Å². The summed E-state index contributed by atoms with van der Waals surface area (Å²) in [6, 6.07) is 4.40. The Morgan fingerprint density at radius 3 is 2.00 bits per heavy atom. The average Bonchev–Trinajstić information content (AvgIpc) is 2.33. The Balaban J connectivity index is 0.00000162. The standard InChI is InChI=1S/C12H15F3N2.2ClH/c13-10-3-1-9(2-4-10)11(12(14)15)17-7-5-16-6-8-17;;/h1-4,11-12,16H,5-8H2;2*1H/t11-;;/m1../s1. The van der Waals surface area contributed by atoms with Crippen LogP contribution in [0.2, 0.25) is 0 Å². The number of rotatable bonds is 3. The van der Waals surface area contributed by atoms with E-state index in [1.807, 2.05) is 0 Å². The fourth-order valence-electron chi connectivity index (χ4n) is 2.14. The molecule has 1 heterocycles. The zero-order chi connectivity index (χ0) is 12.3. The molecule has 110 valence electrons. The molecule has 0 bridgehead atoms. The van der Waals surface area contributed by atoms with Crippen molar-refractivity contribution in [2.45, 2.75) is 12.5 Å². The minimum absolute atomic E-state index is 0. The van der Waals surface area contributed by atoms with E-state index in [2.05, 4.69) is 5.32 Å². The first-order valence-electron chi connectivity index (χ1n) is 5.67.